The van der Waals surface area contributed by atoms with E-state index in [0.29, 0.717) is 12.0 Å². The van der Waals surface area contributed by atoms with Crippen molar-refractivity contribution in [2.45, 2.75) is 19.4 Å². The van der Waals surface area contributed by atoms with Gasteiger partial charge in [0.1, 0.15) is 0 Å². The molecular formula is C7H16N4S. The summed E-state index contributed by atoms with van der Waals surface area (Å²) in [6.45, 7) is 2.74. The van der Waals surface area contributed by atoms with Gasteiger partial charge in [-0.05, 0) is 19.1 Å². The van der Waals surface area contributed by atoms with Gasteiger partial charge in [0, 0.05) is 18.3 Å². The maximum absolute atomic E-state index is 5.29. The molecule has 1 aliphatic heterocycles. The number of hydrazine groups is 1. The normalized spacial score (nSPS) is 24.2. The van der Waals surface area contributed by atoms with Crippen LogP contribution in [0.1, 0.15) is 13.3 Å². The molecule has 0 bridgehead atoms. The van der Waals surface area contributed by atoms with Gasteiger partial charge in [-0.1, -0.05) is 0 Å². The zero-order valence-electron chi connectivity index (χ0n) is 7.34. The molecule has 0 amide bonds. The summed E-state index contributed by atoms with van der Waals surface area (Å²) in [6.07, 6.45) is 1.20. The number of guanidine groups is 1. The fourth-order valence-corrected chi connectivity index (χ4v) is 2.29. The van der Waals surface area contributed by atoms with Crippen LogP contribution in [0.4, 0.5) is 0 Å². The molecule has 5 heteroatoms. The summed E-state index contributed by atoms with van der Waals surface area (Å²) in [7, 11) is 0. The Hall–Kier alpha value is -0.420. The van der Waals surface area contributed by atoms with Crippen molar-refractivity contribution in [1.82, 2.24) is 10.7 Å². The lowest BCUT2D eigenvalue weighted by molar-refractivity contribution is 0.658. The Morgan fingerprint density at radius 1 is 1.75 bits per heavy atom. The molecule has 0 spiro atoms. The summed E-state index contributed by atoms with van der Waals surface area (Å²) in [5, 5.41) is 3.26. The smallest absolute Gasteiger partial charge is 0.205 e. The molecule has 0 saturated carbocycles. The van der Waals surface area contributed by atoms with Gasteiger partial charge in [-0.15, -0.1) is 0 Å². The molecule has 1 aliphatic rings. The molecule has 1 fully saturated rings. The predicted octanol–water partition coefficient (Wildman–Crippen LogP) is -0.0793. The monoisotopic (exact) mass is 188 g/mol. The minimum Gasteiger partial charge on any atom is -0.352 e. The van der Waals surface area contributed by atoms with Gasteiger partial charge < -0.3 is 5.32 Å². The van der Waals surface area contributed by atoms with Crippen molar-refractivity contribution in [1.29, 1.82) is 0 Å². The van der Waals surface area contributed by atoms with Crippen LogP contribution in [-0.4, -0.2) is 30.1 Å². The first-order valence-corrected chi connectivity index (χ1v) is 5.37. The summed E-state index contributed by atoms with van der Waals surface area (Å²) in [5.74, 6) is 8.39. The first-order valence-electron chi connectivity index (χ1n) is 4.22. The molecule has 1 saturated heterocycles. The molecule has 0 radical (unpaired) electrons. The Bertz CT molecular complexity index is 153. The summed E-state index contributed by atoms with van der Waals surface area (Å²) in [5.41, 5.74) is 2.56. The van der Waals surface area contributed by atoms with Gasteiger partial charge in [0.25, 0.3) is 0 Å². The molecule has 4 nitrogen and oxygen atoms in total. The van der Waals surface area contributed by atoms with Gasteiger partial charge in [-0.25, -0.2) is 5.84 Å². The zero-order valence-corrected chi connectivity index (χ0v) is 8.16. The van der Waals surface area contributed by atoms with E-state index in [1.54, 1.807) is 0 Å². The average Bonchev–Trinajstić information content (AvgIpc) is 2.56. The molecule has 12 heavy (non-hydrogen) atoms. The molecule has 4 N–H and O–H groups in total. The Labute approximate surface area is 77.4 Å². The van der Waals surface area contributed by atoms with E-state index in [4.69, 9.17) is 5.84 Å². The number of nitrogens with two attached hydrogens (primary N) is 1. The number of hydrogen-bond acceptors (Lipinski definition) is 3. The number of rotatable bonds is 2. The van der Waals surface area contributed by atoms with E-state index >= 15 is 0 Å². The van der Waals surface area contributed by atoms with E-state index in [1.807, 2.05) is 18.7 Å². The Kier molecular flexibility index (Phi) is 4.24. The molecule has 0 aromatic rings. The van der Waals surface area contributed by atoms with E-state index in [9.17, 15) is 0 Å². The molecule has 1 unspecified atom stereocenters. The summed E-state index contributed by atoms with van der Waals surface area (Å²) in [4.78, 5) is 4.17. The van der Waals surface area contributed by atoms with Crippen molar-refractivity contribution in [2.24, 2.45) is 10.8 Å². The van der Waals surface area contributed by atoms with Gasteiger partial charge >= 0.3 is 0 Å². The zero-order chi connectivity index (χ0) is 8.81. The second-order valence-electron chi connectivity index (χ2n) is 2.67. The highest BCUT2D eigenvalue weighted by Gasteiger charge is 2.15. The number of hydrogen-bond donors (Lipinski definition) is 3. The third-order valence-electron chi connectivity index (χ3n) is 1.72. The third-order valence-corrected chi connectivity index (χ3v) is 2.89. The minimum atomic E-state index is 0.538. The maximum Gasteiger partial charge on any atom is 0.205 e. The molecule has 0 aromatic heterocycles. The second-order valence-corrected chi connectivity index (χ2v) is 3.82. The summed E-state index contributed by atoms with van der Waals surface area (Å²) >= 11 is 1.97. The molecule has 0 aliphatic carbocycles. The van der Waals surface area contributed by atoms with Crippen molar-refractivity contribution in [2.75, 3.05) is 18.1 Å². The van der Waals surface area contributed by atoms with E-state index in [-0.39, 0.29) is 0 Å². The molecule has 1 rings (SSSR count). The Balaban J connectivity index is 2.30. The summed E-state index contributed by atoms with van der Waals surface area (Å²) < 4.78 is 0. The predicted molar refractivity (Wildman–Crippen MR) is 54.2 cm³/mol. The highest BCUT2D eigenvalue weighted by Crippen LogP contribution is 2.16. The van der Waals surface area contributed by atoms with Crippen LogP contribution in [-0.2, 0) is 0 Å². The van der Waals surface area contributed by atoms with Crippen molar-refractivity contribution < 1.29 is 0 Å². The van der Waals surface area contributed by atoms with E-state index in [2.05, 4.69) is 15.7 Å². The number of nitrogens with one attached hydrogen (secondary N) is 2. The SMILES string of the molecule is CCN=C(NN)NC1CCSC1. The molecule has 1 heterocycles. The first-order chi connectivity index (χ1) is 5.86. The average molecular weight is 188 g/mol. The number of nitrogens with zero attached hydrogens (tertiary/aromatic N) is 1. The highest BCUT2D eigenvalue weighted by atomic mass is 32.2. The molecule has 1 atom stereocenters. The van der Waals surface area contributed by atoms with E-state index in [0.717, 1.165) is 12.3 Å². The lowest BCUT2D eigenvalue weighted by Crippen LogP contribution is -2.46. The largest absolute Gasteiger partial charge is 0.352 e. The topological polar surface area (TPSA) is 62.4 Å². The van der Waals surface area contributed by atoms with Crippen LogP contribution in [0.15, 0.2) is 4.99 Å². The van der Waals surface area contributed by atoms with Crippen LogP contribution in [0.3, 0.4) is 0 Å². The molecule has 0 aromatic carbocycles. The standard InChI is InChI=1S/C7H16N4S/c1-2-9-7(11-8)10-6-3-4-12-5-6/h6H,2-5,8H2,1H3,(H2,9,10,11). The second kappa shape index (κ2) is 5.27. The van der Waals surface area contributed by atoms with E-state index < -0.39 is 0 Å². The van der Waals surface area contributed by atoms with Gasteiger partial charge in [-0.3, -0.25) is 10.4 Å². The third kappa shape index (κ3) is 2.91. The molecular weight excluding hydrogens is 172 g/mol. The fraction of sp³-hybridized carbons (Fsp3) is 0.857. The number of thioether (sulfide) groups is 1. The Morgan fingerprint density at radius 3 is 3.08 bits per heavy atom. The minimum absolute atomic E-state index is 0.538. The van der Waals surface area contributed by atoms with Crippen LogP contribution in [0.2, 0.25) is 0 Å². The Morgan fingerprint density at radius 2 is 2.58 bits per heavy atom. The lowest BCUT2D eigenvalue weighted by Gasteiger charge is -2.13. The van der Waals surface area contributed by atoms with Gasteiger partial charge in [-0.2, -0.15) is 11.8 Å². The summed E-state index contributed by atoms with van der Waals surface area (Å²) in [6, 6.07) is 0.538. The van der Waals surface area contributed by atoms with Crippen LogP contribution in [0.5, 0.6) is 0 Å². The lowest BCUT2D eigenvalue weighted by atomic mass is 10.3. The number of aliphatic imine (C=N–C) groups is 1. The van der Waals surface area contributed by atoms with Crippen LogP contribution >= 0.6 is 11.8 Å². The van der Waals surface area contributed by atoms with Gasteiger partial charge in [0.15, 0.2) is 0 Å². The first kappa shape index (κ1) is 9.67. The molecule has 70 valence electrons. The van der Waals surface area contributed by atoms with E-state index in [1.165, 1.54) is 12.2 Å². The highest BCUT2D eigenvalue weighted by molar-refractivity contribution is 7.99. The van der Waals surface area contributed by atoms with Crippen molar-refractivity contribution in [3.8, 4) is 0 Å². The van der Waals surface area contributed by atoms with Gasteiger partial charge in [0.2, 0.25) is 5.96 Å². The van der Waals surface area contributed by atoms with Crippen molar-refractivity contribution in [3.63, 3.8) is 0 Å². The van der Waals surface area contributed by atoms with Crippen LogP contribution in [0.25, 0.3) is 0 Å². The van der Waals surface area contributed by atoms with Crippen molar-refractivity contribution in [3.05, 3.63) is 0 Å². The fourth-order valence-electron chi connectivity index (χ4n) is 1.13. The quantitative estimate of drug-likeness (QED) is 0.245. The van der Waals surface area contributed by atoms with Crippen LogP contribution in [0, 0.1) is 0 Å². The van der Waals surface area contributed by atoms with Gasteiger partial charge in [0.05, 0.1) is 0 Å². The maximum atomic E-state index is 5.29. The van der Waals surface area contributed by atoms with Crippen molar-refractivity contribution >= 4 is 17.7 Å². The van der Waals surface area contributed by atoms with Crippen LogP contribution < -0.4 is 16.6 Å².